The molecule has 3 rings (SSSR count). The van der Waals surface area contributed by atoms with Crippen molar-refractivity contribution in [2.75, 3.05) is 0 Å². The normalized spacial score (nSPS) is 14.8. The lowest BCUT2D eigenvalue weighted by molar-refractivity contribution is -0.128. The van der Waals surface area contributed by atoms with E-state index in [2.05, 4.69) is 0 Å². The molecule has 23 heavy (non-hydrogen) atoms. The van der Waals surface area contributed by atoms with Crippen molar-refractivity contribution in [3.63, 3.8) is 0 Å². The molecule has 0 saturated heterocycles. The first kappa shape index (κ1) is 15.6. The van der Waals surface area contributed by atoms with Crippen molar-refractivity contribution in [3.8, 4) is 0 Å². The van der Waals surface area contributed by atoms with Crippen molar-refractivity contribution >= 4 is 23.5 Å². The van der Waals surface area contributed by atoms with E-state index in [4.69, 9.17) is 0 Å². The number of amides is 1. The molecule has 1 heterocycles. The smallest absolute Gasteiger partial charge is 0.226 e. The van der Waals surface area contributed by atoms with Crippen molar-refractivity contribution in [1.29, 1.82) is 0 Å². The van der Waals surface area contributed by atoms with Crippen LogP contribution in [0.5, 0.6) is 0 Å². The highest BCUT2D eigenvalue weighted by Gasteiger charge is 2.26. The summed E-state index contributed by atoms with van der Waals surface area (Å²) in [5, 5.41) is 0. The lowest BCUT2D eigenvalue weighted by Gasteiger charge is -2.18. The Labute approximate surface area is 140 Å². The number of nitrogens with zero attached hydrogens (tertiary/aromatic N) is 1. The van der Waals surface area contributed by atoms with E-state index in [0.717, 1.165) is 10.5 Å². The maximum Gasteiger partial charge on any atom is 0.226 e. The second-order valence-electron chi connectivity index (χ2n) is 5.28. The van der Waals surface area contributed by atoms with Crippen LogP contribution in [0.4, 0.5) is 0 Å². The van der Waals surface area contributed by atoms with Gasteiger partial charge in [-0.05, 0) is 17.7 Å². The second kappa shape index (κ2) is 6.84. The predicted molar refractivity (Wildman–Crippen MR) is 92.0 cm³/mol. The summed E-state index contributed by atoms with van der Waals surface area (Å²) in [4.78, 5) is 27.9. The van der Waals surface area contributed by atoms with Gasteiger partial charge in [-0.3, -0.25) is 9.59 Å². The summed E-state index contributed by atoms with van der Waals surface area (Å²) >= 11 is 1.43. The molecule has 0 N–H and O–H groups in total. The molecule has 4 heteroatoms. The highest BCUT2D eigenvalue weighted by molar-refractivity contribution is 8.04. The first-order chi connectivity index (χ1) is 11.2. The van der Waals surface area contributed by atoms with E-state index in [1.165, 1.54) is 11.8 Å². The molecule has 3 nitrogen and oxygen atoms in total. The first-order valence-corrected chi connectivity index (χ1v) is 8.37. The van der Waals surface area contributed by atoms with Gasteiger partial charge in [0.25, 0.3) is 0 Å². The van der Waals surface area contributed by atoms with Crippen molar-refractivity contribution in [2.24, 2.45) is 0 Å². The van der Waals surface area contributed by atoms with Crippen molar-refractivity contribution in [2.45, 2.75) is 24.8 Å². The number of rotatable bonds is 4. The Hall–Kier alpha value is -2.33. The molecule has 0 unspecified atom stereocenters. The molecule has 0 atom stereocenters. The Kier molecular flexibility index (Phi) is 4.63. The number of allylic oxidation sites excluding steroid dienone is 1. The zero-order valence-corrected chi connectivity index (χ0v) is 13.7. The molecule has 0 aliphatic carbocycles. The molecule has 0 spiro atoms. The van der Waals surface area contributed by atoms with E-state index in [1.807, 2.05) is 61.5 Å². The Morgan fingerprint density at radius 2 is 1.78 bits per heavy atom. The van der Waals surface area contributed by atoms with Crippen molar-refractivity contribution < 1.29 is 9.59 Å². The summed E-state index contributed by atoms with van der Waals surface area (Å²) in [7, 11) is 0. The van der Waals surface area contributed by atoms with Crippen LogP contribution in [0.15, 0.2) is 70.6 Å². The highest BCUT2D eigenvalue weighted by Crippen LogP contribution is 2.39. The van der Waals surface area contributed by atoms with Gasteiger partial charge in [0.15, 0.2) is 0 Å². The maximum atomic E-state index is 12.5. The minimum absolute atomic E-state index is 0.00529. The topological polar surface area (TPSA) is 37.4 Å². The molecular weight excluding hydrogens is 306 g/mol. The Balaban J connectivity index is 1.87. The Morgan fingerprint density at radius 1 is 1.09 bits per heavy atom. The van der Waals surface area contributed by atoms with E-state index < -0.39 is 0 Å². The zero-order chi connectivity index (χ0) is 16.2. The van der Waals surface area contributed by atoms with E-state index in [0.29, 0.717) is 23.4 Å². The van der Waals surface area contributed by atoms with Crippen LogP contribution in [0.3, 0.4) is 0 Å². The first-order valence-electron chi connectivity index (χ1n) is 7.56. The molecule has 1 aliphatic rings. The summed E-state index contributed by atoms with van der Waals surface area (Å²) in [6, 6.07) is 17.3. The van der Waals surface area contributed by atoms with Crippen LogP contribution in [-0.2, 0) is 11.3 Å². The number of hydrogen-bond acceptors (Lipinski definition) is 3. The van der Waals surface area contributed by atoms with Gasteiger partial charge in [-0.15, -0.1) is 0 Å². The molecule has 0 saturated carbocycles. The molecular formula is C19H17NO2S. The van der Waals surface area contributed by atoms with E-state index in [1.54, 1.807) is 11.1 Å². The van der Waals surface area contributed by atoms with E-state index in [9.17, 15) is 9.59 Å². The summed E-state index contributed by atoms with van der Waals surface area (Å²) in [6.45, 7) is 2.30. The fraction of sp³-hybridized carbons (Fsp3) is 0.158. The van der Waals surface area contributed by atoms with Gasteiger partial charge in [0, 0.05) is 23.1 Å². The third kappa shape index (κ3) is 3.37. The van der Waals surface area contributed by atoms with Gasteiger partial charge in [-0.1, -0.05) is 61.2 Å². The molecule has 116 valence electrons. The van der Waals surface area contributed by atoms with Gasteiger partial charge in [0.2, 0.25) is 11.7 Å². The highest BCUT2D eigenvalue weighted by atomic mass is 32.2. The fourth-order valence-corrected chi connectivity index (χ4v) is 3.49. The van der Waals surface area contributed by atoms with Gasteiger partial charge in [0.1, 0.15) is 0 Å². The lowest BCUT2D eigenvalue weighted by Crippen LogP contribution is -2.25. The van der Waals surface area contributed by atoms with E-state index in [-0.39, 0.29) is 11.7 Å². The molecule has 2 aromatic rings. The number of hydrogen-bond donors (Lipinski definition) is 0. The van der Waals surface area contributed by atoms with Crippen LogP contribution < -0.4 is 0 Å². The number of thioether (sulfide) groups is 1. The van der Waals surface area contributed by atoms with Crippen LogP contribution in [0.1, 0.15) is 29.3 Å². The molecule has 2 aromatic carbocycles. The molecule has 0 fully saturated rings. The van der Waals surface area contributed by atoms with Crippen LogP contribution in [0, 0.1) is 0 Å². The third-order valence-electron chi connectivity index (χ3n) is 3.67. The third-order valence-corrected chi connectivity index (χ3v) is 4.75. The predicted octanol–water partition coefficient (Wildman–Crippen LogP) is 4.26. The zero-order valence-electron chi connectivity index (χ0n) is 12.9. The van der Waals surface area contributed by atoms with E-state index >= 15 is 0 Å². The van der Waals surface area contributed by atoms with Gasteiger partial charge in [-0.25, -0.2) is 0 Å². The monoisotopic (exact) mass is 323 g/mol. The fourth-order valence-electron chi connectivity index (χ4n) is 2.46. The number of carbonyl (C=O) groups is 2. The molecule has 0 bridgehead atoms. The van der Waals surface area contributed by atoms with Gasteiger partial charge in [-0.2, -0.15) is 0 Å². The van der Waals surface area contributed by atoms with Gasteiger partial charge >= 0.3 is 0 Å². The van der Waals surface area contributed by atoms with Crippen LogP contribution in [-0.4, -0.2) is 16.6 Å². The number of fused-ring (bicyclic) bond motifs is 1. The average Bonchev–Trinajstić information content (AvgIpc) is 2.91. The average molecular weight is 323 g/mol. The minimum Gasteiger partial charge on any atom is -0.313 e. The number of benzene rings is 2. The Morgan fingerprint density at radius 3 is 2.48 bits per heavy atom. The maximum absolute atomic E-state index is 12.5. The number of carbonyl (C=O) groups excluding carboxylic acids is 2. The summed E-state index contributed by atoms with van der Waals surface area (Å²) in [5.74, 6) is -0.00160. The largest absolute Gasteiger partial charge is 0.313 e. The lowest BCUT2D eigenvalue weighted by atomic mass is 10.1. The van der Waals surface area contributed by atoms with Crippen LogP contribution in [0.2, 0.25) is 0 Å². The summed E-state index contributed by atoms with van der Waals surface area (Å²) in [6.07, 6.45) is 2.11. The SMILES string of the molecule is CCC(=O)N(/C=C1\Sc2ccccc2C1=O)Cc1ccccc1. The second-order valence-corrected chi connectivity index (χ2v) is 6.37. The summed E-state index contributed by atoms with van der Waals surface area (Å²) in [5.41, 5.74) is 1.76. The standard InChI is InChI=1S/C19H17NO2S/c1-2-18(21)20(12-14-8-4-3-5-9-14)13-17-19(22)15-10-6-7-11-16(15)23-17/h3-11,13H,2,12H2,1H3/b17-13-. The van der Waals surface area contributed by atoms with Crippen molar-refractivity contribution in [1.82, 2.24) is 4.90 Å². The molecule has 0 radical (unpaired) electrons. The van der Waals surface area contributed by atoms with Gasteiger partial charge < -0.3 is 4.90 Å². The molecule has 1 amide bonds. The molecule has 1 aliphatic heterocycles. The summed E-state index contributed by atoms with van der Waals surface area (Å²) < 4.78 is 0. The Bertz CT molecular complexity index is 768. The number of Topliss-reactive ketones (excluding diaryl/α,β-unsaturated/α-hetero) is 1. The quantitative estimate of drug-likeness (QED) is 0.789. The van der Waals surface area contributed by atoms with Crippen LogP contribution >= 0.6 is 11.8 Å². The van der Waals surface area contributed by atoms with Gasteiger partial charge in [0.05, 0.1) is 11.4 Å². The number of ketones is 1. The van der Waals surface area contributed by atoms with Crippen LogP contribution in [0.25, 0.3) is 0 Å². The molecule has 0 aromatic heterocycles. The van der Waals surface area contributed by atoms with Crippen molar-refractivity contribution in [3.05, 3.63) is 76.8 Å². The minimum atomic E-state index is -0.00688.